The van der Waals surface area contributed by atoms with E-state index in [1.807, 2.05) is 52.9 Å². The first-order chi connectivity index (χ1) is 19.1. The van der Waals surface area contributed by atoms with Gasteiger partial charge in [-0.1, -0.05) is 74.5 Å². The van der Waals surface area contributed by atoms with Crippen molar-refractivity contribution in [2.24, 2.45) is 0 Å². The van der Waals surface area contributed by atoms with Crippen molar-refractivity contribution in [1.29, 1.82) is 0 Å². The van der Waals surface area contributed by atoms with Crippen LogP contribution < -0.4 is 5.32 Å². The summed E-state index contributed by atoms with van der Waals surface area (Å²) < 4.78 is 4.20. The minimum Gasteiger partial charge on any atom is -0.308 e. The number of fused-ring (bicyclic) bond motifs is 3. The van der Waals surface area contributed by atoms with E-state index in [-0.39, 0.29) is 12.1 Å². The number of nitrogens with one attached hydrogen (secondary N) is 1. The molecule has 1 N–H and O–H groups in total. The van der Waals surface area contributed by atoms with Crippen LogP contribution in [-0.2, 0) is 19.4 Å². The first-order valence-corrected chi connectivity index (χ1v) is 13.6. The topological polar surface area (TPSA) is 55.1 Å². The monoisotopic (exact) mass is 515 g/mol. The summed E-state index contributed by atoms with van der Waals surface area (Å²) >= 11 is 0. The SMILES string of the molecule is CCc1ccc([C@@H]2c3cccn3-c3c(c(C)nn3-c3ccccc3)CN2C(=O)Nc2ccccc2CC)cc1. The maximum atomic E-state index is 14.2. The van der Waals surface area contributed by atoms with E-state index in [2.05, 4.69) is 84.5 Å². The third-order valence-electron chi connectivity index (χ3n) is 7.69. The van der Waals surface area contributed by atoms with Crippen LogP contribution in [0.25, 0.3) is 11.5 Å². The van der Waals surface area contributed by atoms with Gasteiger partial charge < -0.3 is 14.8 Å². The summed E-state index contributed by atoms with van der Waals surface area (Å²) in [7, 11) is 0. The fourth-order valence-corrected chi connectivity index (χ4v) is 5.57. The molecule has 6 heteroatoms. The van der Waals surface area contributed by atoms with Crippen molar-refractivity contribution >= 4 is 11.7 Å². The zero-order valence-corrected chi connectivity index (χ0v) is 22.6. The van der Waals surface area contributed by atoms with E-state index in [9.17, 15) is 4.79 Å². The summed E-state index contributed by atoms with van der Waals surface area (Å²) in [5, 5.41) is 8.19. The lowest BCUT2D eigenvalue weighted by Gasteiger charge is -2.31. The van der Waals surface area contributed by atoms with E-state index in [4.69, 9.17) is 5.10 Å². The molecule has 5 aromatic rings. The van der Waals surface area contributed by atoms with Crippen LogP contribution in [0.5, 0.6) is 0 Å². The number of benzene rings is 3. The molecule has 2 amide bonds. The largest absolute Gasteiger partial charge is 0.322 e. The molecule has 0 fully saturated rings. The Morgan fingerprint density at radius 3 is 2.38 bits per heavy atom. The zero-order valence-electron chi connectivity index (χ0n) is 22.6. The first-order valence-electron chi connectivity index (χ1n) is 13.6. The number of rotatable bonds is 5. The molecule has 6 rings (SSSR count). The van der Waals surface area contributed by atoms with Gasteiger partial charge in [-0.05, 0) is 66.8 Å². The molecule has 0 bridgehead atoms. The number of nitrogens with zero attached hydrogens (tertiary/aromatic N) is 4. The molecule has 0 spiro atoms. The molecule has 0 saturated carbocycles. The number of para-hydroxylation sites is 2. The lowest BCUT2D eigenvalue weighted by Crippen LogP contribution is -2.38. The first kappa shape index (κ1) is 24.7. The van der Waals surface area contributed by atoms with Gasteiger partial charge >= 0.3 is 6.03 Å². The fourth-order valence-electron chi connectivity index (χ4n) is 5.57. The Morgan fingerprint density at radius 2 is 1.64 bits per heavy atom. The molecule has 0 aliphatic carbocycles. The highest BCUT2D eigenvalue weighted by atomic mass is 16.2. The molecular weight excluding hydrogens is 482 g/mol. The number of carbonyl (C=O) groups excluding carboxylic acids is 1. The Hall–Kier alpha value is -4.58. The molecule has 2 aromatic heterocycles. The van der Waals surface area contributed by atoms with E-state index >= 15 is 0 Å². The van der Waals surface area contributed by atoms with Gasteiger partial charge in [0.25, 0.3) is 0 Å². The van der Waals surface area contributed by atoms with Gasteiger partial charge in [0.05, 0.1) is 29.7 Å². The summed E-state index contributed by atoms with van der Waals surface area (Å²) in [6, 6.07) is 30.6. The van der Waals surface area contributed by atoms with E-state index in [1.165, 1.54) is 5.56 Å². The van der Waals surface area contributed by atoms with Gasteiger partial charge in [-0.3, -0.25) is 0 Å². The fraction of sp³-hybridized carbons (Fsp3) is 0.212. The van der Waals surface area contributed by atoms with Crippen molar-refractivity contribution in [3.05, 3.63) is 131 Å². The molecule has 39 heavy (non-hydrogen) atoms. The molecule has 3 heterocycles. The second kappa shape index (κ2) is 10.3. The highest BCUT2D eigenvalue weighted by Gasteiger charge is 2.36. The second-order valence-corrected chi connectivity index (χ2v) is 10.0. The van der Waals surface area contributed by atoms with Gasteiger partial charge in [0.1, 0.15) is 5.82 Å². The minimum atomic E-state index is -0.282. The number of aryl methyl sites for hydroxylation is 3. The summed E-state index contributed by atoms with van der Waals surface area (Å²) in [6.45, 7) is 6.72. The lowest BCUT2D eigenvalue weighted by atomic mass is 9.99. The summed E-state index contributed by atoms with van der Waals surface area (Å²) in [6.07, 6.45) is 3.89. The molecule has 1 aliphatic heterocycles. The maximum absolute atomic E-state index is 14.2. The molecule has 196 valence electrons. The van der Waals surface area contributed by atoms with E-state index in [0.29, 0.717) is 6.54 Å². The smallest absolute Gasteiger partial charge is 0.308 e. The van der Waals surface area contributed by atoms with Gasteiger partial charge in [0.15, 0.2) is 0 Å². The van der Waals surface area contributed by atoms with Gasteiger partial charge in [-0.15, -0.1) is 0 Å². The Balaban J connectivity index is 1.53. The Labute approximate surface area is 229 Å². The Kier molecular flexibility index (Phi) is 6.53. The number of anilines is 1. The van der Waals surface area contributed by atoms with Crippen LogP contribution in [0.4, 0.5) is 10.5 Å². The average Bonchev–Trinajstić information content (AvgIpc) is 3.54. The van der Waals surface area contributed by atoms with Crippen molar-refractivity contribution in [3.63, 3.8) is 0 Å². The average molecular weight is 516 g/mol. The normalized spacial score (nSPS) is 14.4. The van der Waals surface area contributed by atoms with Crippen LogP contribution in [0.2, 0.25) is 0 Å². The summed E-state index contributed by atoms with van der Waals surface area (Å²) in [5.41, 5.74) is 8.25. The highest BCUT2D eigenvalue weighted by molar-refractivity contribution is 5.91. The van der Waals surface area contributed by atoms with Crippen molar-refractivity contribution in [2.45, 2.75) is 46.2 Å². The molecule has 0 unspecified atom stereocenters. The second-order valence-electron chi connectivity index (χ2n) is 10.0. The third-order valence-corrected chi connectivity index (χ3v) is 7.69. The van der Waals surface area contributed by atoms with Gasteiger partial charge in [-0.2, -0.15) is 5.10 Å². The lowest BCUT2D eigenvalue weighted by molar-refractivity contribution is 0.194. The van der Waals surface area contributed by atoms with E-state index in [1.54, 1.807) is 0 Å². The van der Waals surface area contributed by atoms with Crippen molar-refractivity contribution in [2.75, 3.05) is 5.32 Å². The van der Waals surface area contributed by atoms with Gasteiger partial charge in [0.2, 0.25) is 0 Å². The number of hydrogen-bond donors (Lipinski definition) is 1. The molecular formula is C33H33N5O. The molecule has 0 saturated heterocycles. The van der Waals surface area contributed by atoms with Crippen molar-refractivity contribution in [1.82, 2.24) is 19.2 Å². The minimum absolute atomic E-state index is 0.132. The standard InChI is InChI=1S/C33H33N5O/c1-4-24-17-19-26(20-18-24)31-30-16-11-21-36(30)32-28(23(3)35-38(32)27-13-7-6-8-14-27)22-37(31)33(39)34-29-15-10-9-12-25(29)5-2/h6-21,31H,4-5,22H2,1-3H3,(H,34,39)/t31-/m1/s1. The highest BCUT2D eigenvalue weighted by Crippen LogP contribution is 2.39. The van der Waals surface area contributed by atoms with Crippen LogP contribution in [0.3, 0.4) is 0 Å². The van der Waals surface area contributed by atoms with Crippen molar-refractivity contribution < 1.29 is 4.79 Å². The molecule has 6 nitrogen and oxygen atoms in total. The summed E-state index contributed by atoms with van der Waals surface area (Å²) in [4.78, 5) is 16.2. The van der Waals surface area contributed by atoms with Crippen LogP contribution in [-0.4, -0.2) is 25.3 Å². The van der Waals surface area contributed by atoms with Gasteiger partial charge in [-0.25, -0.2) is 9.48 Å². The maximum Gasteiger partial charge on any atom is 0.322 e. The number of carbonyl (C=O) groups is 1. The third kappa shape index (κ3) is 4.42. The Morgan fingerprint density at radius 1 is 0.897 bits per heavy atom. The predicted octanol–water partition coefficient (Wildman–Crippen LogP) is 7.23. The van der Waals surface area contributed by atoms with Crippen LogP contribution in [0.1, 0.15) is 53.5 Å². The number of aromatic nitrogens is 3. The van der Waals surface area contributed by atoms with Gasteiger partial charge in [0, 0.05) is 17.4 Å². The van der Waals surface area contributed by atoms with Crippen molar-refractivity contribution in [3.8, 4) is 11.5 Å². The molecule has 1 aliphatic rings. The van der Waals surface area contributed by atoms with Crippen LogP contribution in [0, 0.1) is 6.92 Å². The molecule has 1 atom stereocenters. The van der Waals surface area contributed by atoms with E-state index < -0.39 is 0 Å². The van der Waals surface area contributed by atoms with Crippen LogP contribution >= 0.6 is 0 Å². The zero-order chi connectivity index (χ0) is 26.9. The molecule has 3 aromatic carbocycles. The van der Waals surface area contributed by atoms with Crippen LogP contribution in [0.15, 0.2) is 97.2 Å². The predicted molar refractivity (Wildman–Crippen MR) is 156 cm³/mol. The number of hydrogen-bond acceptors (Lipinski definition) is 2. The number of amides is 2. The molecule has 0 radical (unpaired) electrons. The quantitative estimate of drug-likeness (QED) is 0.268. The van der Waals surface area contributed by atoms with E-state index in [0.717, 1.165) is 58.1 Å². The Bertz CT molecular complexity index is 1610. The summed E-state index contributed by atoms with van der Waals surface area (Å²) in [5.74, 6) is 0.970. The number of urea groups is 1.